The summed E-state index contributed by atoms with van der Waals surface area (Å²) in [6.45, 7) is 0. The molecular weight excluding hydrogens is 372 g/mol. The van der Waals surface area contributed by atoms with E-state index in [4.69, 9.17) is 0 Å². The van der Waals surface area contributed by atoms with Crippen molar-refractivity contribution in [2.45, 2.75) is 0 Å². The summed E-state index contributed by atoms with van der Waals surface area (Å²) in [4.78, 5) is 67.0. The second kappa shape index (κ2) is 9.20. The summed E-state index contributed by atoms with van der Waals surface area (Å²) in [5.41, 5.74) is 1.48. The number of ketones is 5. The van der Waals surface area contributed by atoms with Crippen molar-refractivity contribution in [3.63, 3.8) is 0 Å². The molecule has 0 saturated heterocycles. The van der Waals surface area contributed by atoms with Crippen LogP contribution in [0, 0.1) is 0 Å². The van der Waals surface area contributed by atoms with Crippen molar-refractivity contribution in [2.24, 2.45) is 0 Å². The summed E-state index contributed by atoms with van der Waals surface area (Å²) < 4.78 is 0. The fraction of sp³-hybridized carbons (Fsp3) is 0. The molecule has 127 valence electrons. The molecule has 0 bridgehead atoms. The van der Waals surface area contributed by atoms with E-state index in [0.29, 0.717) is 0 Å². The topological polar surface area (TPSA) is 170 Å². The first-order valence-corrected chi connectivity index (χ1v) is 5.76. The smallest absolute Gasteiger partial charge is 0.281 e. The maximum absolute atomic E-state index is 10.2. The van der Waals surface area contributed by atoms with Crippen LogP contribution in [-0.2, 0) is 46.5 Å². The molecule has 0 aliphatic heterocycles. The first-order chi connectivity index (χ1) is 10.5. The van der Waals surface area contributed by atoms with Gasteiger partial charge in [0.15, 0.2) is 0 Å². The number of rotatable bonds is 1. The Kier molecular flexibility index (Phi) is 8.05. The average Bonchev–Trinajstić information content (AvgIpc) is 2.75. The molecule has 1 aliphatic rings. The Bertz CT molecular complexity index is 654. The maximum Gasteiger partial charge on any atom is 0.281 e. The Morgan fingerprint density at radius 1 is 0.542 bits per heavy atom. The minimum absolute atomic E-state index is 0. The van der Waals surface area contributed by atoms with Gasteiger partial charge in [-0.3, -0.25) is 43.9 Å². The quantitative estimate of drug-likeness (QED) is 0.304. The summed E-state index contributed by atoms with van der Waals surface area (Å²) in [5.74, 6) is -7.59. The molecule has 3 rings (SSSR count). The number of carbonyl (C=O) groups is 5. The van der Waals surface area contributed by atoms with Gasteiger partial charge in [-0.05, 0) is 0 Å². The second-order valence-corrected chi connectivity index (χ2v) is 3.83. The Morgan fingerprint density at radius 2 is 0.833 bits per heavy atom. The molecule has 1 saturated carbocycles. The van der Waals surface area contributed by atoms with Crippen LogP contribution in [0.1, 0.15) is 0 Å². The predicted octanol–water partition coefficient (Wildman–Crippen LogP) is -2.15. The number of nitrogens with zero attached hydrogens (tertiary/aromatic N) is 4. The van der Waals surface area contributed by atoms with Crippen LogP contribution in [0.5, 0.6) is 0 Å². The zero-order chi connectivity index (χ0) is 16.1. The van der Waals surface area contributed by atoms with E-state index in [-0.39, 0.29) is 22.5 Å². The summed E-state index contributed by atoms with van der Waals surface area (Å²) >= 11 is 0. The van der Waals surface area contributed by atoms with Crippen LogP contribution in [0.25, 0.3) is 11.4 Å². The molecule has 0 atom stereocenters. The zero-order valence-electron chi connectivity index (χ0n) is 11.7. The van der Waals surface area contributed by atoms with Gasteiger partial charge in [-0.1, -0.05) is 0 Å². The standard InChI is InChI=1S/C8H6N4.C5O5.Cu.H2O/c1-3-11-7(5-9-1)8-6-10-2-4-12-8;6-1-2(7)4(9)5(10)3(1)8;;/h1-6H;;;1H2/p+1. The number of hydrogen-bond acceptors (Lipinski definition) is 9. The van der Waals surface area contributed by atoms with Crippen molar-refractivity contribution < 1.29 is 46.5 Å². The second-order valence-electron chi connectivity index (χ2n) is 3.83. The fourth-order valence-electron chi connectivity index (χ4n) is 1.38. The third-order valence-corrected chi connectivity index (χ3v) is 2.42. The number of hydrogen-bond donors (Lipinski definition) is 0. The van der Waals surface area contributed by atoms with Crippen LogP contribution in [0.4, 0.5) is 0 Å². The predicted molar refractivity (Wildman–Crippen MR) is 73.0 cm³/mol. The van der Waals surface area contributed by atoms with Crippen LogP contribution >= 0.6 is 0 Å². The minimum Gasteiger partial charge on any atom is -0.457 e. The summed E-state index contributed by atoms with van der Waals surface area (Å²) in [6, 6.07) is 0. The third-order valence-electron chi connectivity index (χ3n) is 2.42. The van der Waals surface area contributed by atoms with E-state index in [1.807, 2.05) is 0 Å². The first kappa shape index (κ1) is 21.0. The van der Waals surface area contributed by atoms with E-state index >= 15 is 0 Å². The molecule has 2 aromatic heterocycles. The number of Topliss-reactive ketones (excluding diaryl/α,β-unsaturated/α-hetero) is 5. The normalized spacial score (nSPS) is 12.8. The van der Waals surface area contributed by atoms with Gasteiger partial charge in [0.1, 0.15) is 11.4 Å². The van der Waals surface area contributed by atoms with Crippen molar-refractivity contribution in [3.05, 3.63) is 37.2 Å². The van der Waals surface area contributed by atoms with Crippen LogP contribution in [0.15, 0.2) is 37.2 Å². The minimum atomic E-state index is -1.52. The molecule has 0 amide bonds. The zero-order valence-corrected chi connectivity index (χ0v) is 12.6. The molecule has 0 unspecified atom stereocenters. The Balaban J connectivity index is 0.000000413. The van der Waals surface area contributed by atoms with Gasteiger partial charge in [-0.15, -0.1) is 0 Å². The van der Waals surface area contributed by atoms with E-state index in [1.165, 1.54) is 0 Å². The maximum atomic E-state index is 10.2. The van der Waals surface area contributed by atoms with Gasteiger partial charge in [0.25, 0.3) is 28.9 Å². The molecule has 11 heteroatoms. The van der Waals surface area contributed by atoms with Crippen LogP contribution in [-0.4, -0.2) is 48.9 Å². The monoisotopic (exact) mass is 380 g/mol. The number of aromatic nitrogens is 4. The van der Waals surface area contributed by atoms with Crippen LogP contribution < -0.4 is 0 Å². The van der Waals surface area contributed by atoms with E-state index < -0.39 is 28.9 Å². The third kappa shape index (κ3) is 4.49. The molecule has 0 aromatic carbocycles. The molecule has 24 heavy (non-hydrogen) atoms. The van der Waals surface area contributed by atoms with Crippen molar-refractivity contribution in [1.29, 1.82) is 0 Å². The van der Waals surface area contributed by atoms with Gasteiger partial charge >= 0.3 is 0 Å². The van der Waals surface area contributed by atoms with E-state index in [9.17, 15) is 24.0 Å². The van der Waals surface area contributed by atoms with Gasteiger partial charge in [0.2, 0.25) is 0 Å². The van der Waals surface area contributed by atoms with Crippen molar-refractivity contribution in [1.82, 2.24) is 19.9 Å². The molecule has 1 radical (unpaired) electrons. The molecular formula is C13H9CuN4O6+. The Hall–Kier alpha value is -3.01. The Morgan fingerprint density at radius 3 is 1.04 bits per heavy atom. The Labute approximate surface area is 144 Å². The summed E-state index contributed by atoms with van der Waals surface area (Å²) in [5, 5.41) is 0. The average molecular weight is 381 g/mol. The van der Waals surface area contributed by atoms with Gasteiger partial charge in [-0.25, -0.2) is 0 Å². The van der Waals surface area contributed by atoms with E-state index in [1.54, 1.807) is 37.2 Å². The van der Waals surface area contributed by atoms with Crippen molar-refractivity contribution in [3.8, 4) is 11.4 Å². The van der Waals surface area contributed by atoms with Crippen molar-refractivity contribution in [2.75, 3.05) is 0 Å². The molecule has 1 aliphatic carbocycles. The molecule has 3 N–H and O–H groups in total. The van der Waals surface area contributed by atoms with E-state index in [0.717, 1.165) is 11.4 Å². The van der Waals surface area contributed by atoms with Gasteiger partial charge < -0.3 is 5.48 Å². The summed E-state index contributed by atoms with van der Waals surface area (Å²) in [7, 11) is 0. The fourth-order valence-corrected chi connectivity index (χ4v) is 1.38. The van der Waals surface area contributed by atoms with Gasteiger partial charge in [0, 0.05) is 41.9 Å². The van der Waals surface area contributed by atoms with E-state index in [2.05, 4.69) is 19.9 Å². The van der Waals surface area contributed by atoms with Gasteiger partial charge in [-0.2, -0.15) is 0 Å². The van der Waals surface area contributed by atoms with Crippen LogP contribution in [0.3, 0.4) is 0 Å². The molecule has 1 fully saturated rings. The molecule has 2 heterocycles. The van der Waals surface area contributed by atoms with Crippen molar-refractivity contribution >= 4 is 28.9 Å². The first-order valence-electron chi connectivity index (χ1n) is 5.76. The van der Waals surface area contributed by atoms with Gasteiger partial charge in [0.05, 0.1) is 12.4 Å². The van der Waals surface area contributed by atoms with Crippen LogP contribution in [0.2, 0.25) is 0 Å². The number of carbonyl (C=O) groups excluding carboxylic acids is 5. The summed E-state index contributed by atoms with van der Waals surface area (Å²) in [6.07, 6.45) is 9.82. The largest absolute Gasteiger partial charge is 0.457 e. The molecule has 10 nitrogen and oxygen atoms in total. The SMILES string of the molecule is O=C1C(=O)C(=O)C(=O)C1=O.[Cu].[OH3+].c1cnc(-c2cnccn2)cn1. The molecule has 0 spiro atoms. The molecule has 2 aromatic rings.